The highest BCUT2D eigenvalue weighted by molar-refractivity contribution is 6.04. The number of hydrogen-bond donors (Lipinski definition) is 2. The Hall–Kier alpha value is -3.20. The minimum Gasteiger partial charge on any atom is -0.351 e. The summed E-state index contributed by atoms with van der Waals surface area (Å²) >= 11 is 0. The first-order valence-electron chi connectivity index (χ1n) is 6.88. The molecule has 0 heterocycles. The molecule has 0 fully saturated rings. The second kappa shape index (κ2) is 7.71. The molecule has 0 aromatic heterocycles. The van der Waals surface area contributed by atoms with Crippen molar-refractivity contribution in [2.75, 3.05) is 5.32 Å². The molecule has 0 aliphatic rings. The van der Waals surface area contributed by atoms with Crippen molar-refractivity contribution in [1.82, 2.24) is 5.32 Å². The van der Waals surface area contributed by atoms with E-state index in [1.54, 1.807) is 30.3 Å². The Morgan fingerprint density at radius 3 is 2.52 bits per heavy atom. The van der Waals surface area contributed by atoms with Crippen LogP contribution < -0.4 is 10.6 Å². The van der Waals surface area contributed by atoms with E-state index in [1.807, 2.05) is 0 Å². The Bertz CT molecular complexity index is 751. The lowest BCUT2D eigenvalue weighted by atomic mass is 10.1. The van der Waals surface area contributed by atoms with Gasteiger partial charge < -0.3 is 10.6 Å². The van der Waals surface area contributed by atoms with Crippen LogP contribution in [0.2, 0.25) is 0 Å². The standard InChI is InChI=1S/C17H14FN3O2/c18-14-3-1-2-13(10-14)17(23)21-15-6-4-12(5-7-15)11-20-16(22)8-9-19/h1-7,10H,8,11H2,(H,20,22)(H,21,23). The van der Waals surface area contributed by atoms with Crippen LogP contribution in [0, 0.1) is 17.1 Å². The molecular formula is C17H14FN3O2. The van der Waals surface area contributed by atoms with Gasteiger partial charge in [-0.05, 0) is 35.9 Å². The number of carbonyl (C=O) groups is 2. The smallest absolute Gasteiger partial charge is 0.255 e. The lowest BCUT2D eigenvalue weighted by Crippen LogP contribution is -2.21. The first kappa shape index (κ1) is 16.2. The third kappa shape index (κ3) is 4.93. The van der Waals surface area contributed by atoms with E-state index >= 15 is 0 Å². The summed E-state index contributed by atoms with van der Waals surface area (Å²) in [4.78, 5) is 23.2. The van der Waals surface area contributed by atoms with E-state index in [1.165, 1.54) is 18.2 Å². The van der Waals surface area contributed by atoms with Crippen molar-refractivity contribution >= 4 is 17.5 Å². The molecule has 2 aromatic carbocycles. The second-order valence-corrected chi connectivity index (χ2v) is 4.77. The van der Waals surface area contributed by atoms with Gasteiger partial charge in [0.05, 0.1) is 6.07 Å². The fourth-order valence-corrected chi connectivity index (χ4v) is 1.87. The van der Waals surface area contributed by atoms with Crippen LogP contribution in [0.4, 0.5) is 10.1 Å². The molecule has 0 bridgehead atoms. The van der Waals surface area contributed by atoms with Crippen molar-refractivity contribution < 1.29 is 14.0 Å². The molecule has 0 aliphatic heterocycles. The van der Waals surface area contributed by atoms with Crippen molar-refractivity contribution in [1.29, 1.82) is 5.26 Å². The van der Waals surface area contributed by atoms with Gasteiger partial charge in [0.25, 0.3) is 5.91 Å². The number of rotatable bonds is 5. The van der Waals surface area contributed by atoms with Crippen LogP contribution >= 0.6 is 0 Å². The van der Waals surface area contributed by atoms with Crippen molar-refractivity contribution in [2.45, 2.75) is 13.0 Å². The fourth-order valence-electron chi connectivity index (χ4n) is 1.87. The highest BCUT2D eigenvalue weighted by atomic mass is 19.1. The third-order valence-corrected chi connectivity index (χ3v) is 3.03. The Morgan fingerprint density at radius 2 is 1.87 bits per heavy atom. The van der Waals surface area contributed by atoms with Crippen molar-refractivity contribution in [2.24, 2.45) is 0 Å². The maximum atomic E-state index is 13.1. The minimum absolute atomic E-state index is 0.179. The molecular weight excluding hydrogens is 297 g/mol. The van der Waals surface area contributed by atoms with E-state index in [2.05, 4.69) is 10.6 Å². The molecule has 2 N–H and O–H groups in total. The summed E-state index contributed by atoms with van der Waals surface area (Å²) in [5.41, 5.74) is 1.63. The maximum Gasteiger partial charge on any atom is 0.255 e. The largest absolute Gasteiger partial charge is 0.351 e. The molecule has 116 valence electrons. The summed E-state index contributed by atoms with van der Waals surface area (Å²) in [6, 6.07) is 14.0. The Labute approximate surface area is 132 Å². The minimum atomic E-state index is -0.471. The molecule has 2 amide bonds. The van der Waals surface area contributed by atoms with Gasteiger partial charge in [-0.2, -0.15) is 5.26 Å². The normalized spacial score (nSPS) is 9.74. The van der Waals surface area contributed by atoms with Crippen LogP contribution in [0.3, 0.4) is 0 Å². The van der Waals surface area contributed by atoms with Gasteiger partial charge in [-0.25, -0.2) is 4.39 Å². The van der Waals surface area contributed by atoms with E-state index in [4.69, 9.17) is 5.26 Å². The molecule has 2 aromatic rings. The molecule has 6 heteroatoms. The number of benzene rings is 2. The van der Waals surface area contributed by atoms with Crippen molar-refractivity contribution in [3.63, 3.8) is 0 Å². The predicted molar refractivity (Wildman–Crippen MR) is 82.9 cm³/mol. The number of anilines is 1. The number of halogens is 1. The van der Waals surface area contributed by atoms with Crippen LogP contribution in [0.15, 0.2) is 48.5 Å². The molecule has 0 saturated heterocycles. The average molecular weight is 311 g/mol. The van der Waals surface area contributed by atoms with Gasteiger partial charge in [0.2, 0.25) is 5.91 Å². The lowest BCUT2D eigenvalue weighted by molar-refractivity contribution is -0.120. The van der Waals surface area contributed by atoms with Gasteiger partial charge >= 0.3 is 0 Å². The molecule has 0 aliphatic carbocycles. The number of nitrogens with one attached hydrogen (secondary N) is 2. The summed E-state index contributed by atoms with van der Waals surface area (Å²) < 4.78 is 13.1. The third-order valence-electron chi connectivity index (χ3n) is 3.03. The quantitative estimate of drug-likeness (QED) is 0.890. The molecule has 0 saturated carbocycles. The average Bonchev–Trinajstić information content (AvgIpc) is 2.54. The number of nitrogens with zero attached hydrogens (tertiary/aromatic N) is 1. The van der Waals surface area contributed by atoms with Gasteiger partial charge in [0.1, 0.15) is 12.2 Å². The van der Waals surface area contributed by atoms with Gasteiger partial charge in [-0.3, -0.25) is 9.59 Å². The zero-order valence-electron chi connectivity index (χ0n) is 12.2. The fraction of sp³-hybridized carbons (Fsp3) is 0.118. The lowest BCUT2D eigenvalue weighted by Gasteiger charge is -2.07. The molecule has 0 spiro atoms. The SMILES string of the molecule is N#CCC(=O)NCc1ccc(NC(=O)c2cccc(F)c2)cc1. The number of amides is 2. The number of carbonyl (C=O) groups excluding carboxylic acids is 2. The molecule has 2 rings (SSSR count). The Morgan fingerprint density at radius 1 is 1.13 bits per heavy atom. The molecule has 0 unspecified atom stereocenters. The van der Waals surface area contributed by atoms with Gasteiger partial charge in [-0.15, -0.1) is 0 Å². The molecule has 5 nitrogen and oxygen atoms in total. The van der Waals surface area contributed by atoms with E-state index in [9.17, 15) is 14.0 Å². The van der Waals surface area contributed by atoms with E-state index in [-0.39, 0.29) is 17.9 Å². The number of nitriles is 1. The highest BCUT2D eigenvalue weighted by Crippen LogP contribution is 2.12. The van der Waals surface area contributed by atoms with E-state index < -0.39 is 11.7 Å². The van der Waals surface area contributed by atoms with Crippen LogP contribution in [-0.4, -0.2) is 11.8 Å². The monoisotopic (exact) mass is 311 g/mol. The van der Waals surface area contributed by atoms with Gasteiger partial charge in [0.15, 0.2) is 0 Å². The predicted octanol–water partition coefficient (Wildman–Crippen LogP) is 2.61. The highest BCUT2D eigenvalue weighted by Gasteiger charge is 2.07. The van der Waals surface area contributed by atoms with Crippen molar-refractivity contribution in [3.05, 3.63) is 65.5 Å². The molecule has 0 atom stereocenters. The van der Waals surface area contributed by atoms with Gasteiger partial charge in [-0.1, -0.05) is 18.2 Å². The second-order valence-electron chi connectivity index (χ2n) is 4.77. The number of hydrogen-bond acceptors (Lipinski definition) is 3. The summed E-state index contributed by atoms with van der Waals surface area (Å²) in [5.74, 6) is -1.21. The Balaban J connectivity index is 1.93. The van der Waals surface area contributed by atoms with E-state index in [0.717, 1.165) is 11.6 Å². The molecule has 0 radical (unpaired) electrons. The first-order valence-corrected chi connectivity index (χ1v) is 6.88. The molecule has 23 heavy (non-hydrogen) atoms. The Kier molecular flexibility index (Phi) is 5.42. The van der Waals surface area contributed by atoms with Gasteiger partial charge in [0, 0.05) is 17.8 Å². The summed E-state index contributed by atoms with van der Waals surface area (Å²) in [6.45, 7) is 0.304. The first-order chi connectivity index (χ1) is 11.1. The summed E-state index contributed by atoms with van der Waals surface area (Å²) in [6.07, 6.45) is -0.179. The summed E-state index contributed by atoms with van der Waals surface area (Å²) in [5, 5.41) is 13.7. The van der Waals surface area contributed by atoms with Crippen LogP contribution in [0.25, 0.3) is 0 Å². The van der Waals surface area contributed by atoms with Crippen molar-refractivity contribution in [3.8, 4) is 6.07 Å². The van der Waals surface area contributed by atoms with Crippen LogP contribution in [-0.2, 0) is 11.3 Å². The maximum absolute atomic E-state index is 13.1. The zero-order valence-corrected chi connectivity index (χ0v) is 12.2. The summed E-state index contributed by atoms with van der Waals surface area (Å²) in [7, 11) is 0. The van der Waals surface area contributed by atoms with E-state index in [0.29, 0.717) is 12.2 Å². The van der Waals surface area contributed by atoms with Crippen LogP contribution in [0.1, 0.15) is 22.3 Å². The van der Waals surface area contributed by atoms with Crippen LogP contribution in [0.5, 0.6) is 0 Å². The zero-order chi connectivity index (χ0) is 16.7. The topological polar surface area (TPSA) is 82.0 Å².